The molecule has 2 aromatic heterocycles. The van der Waals surface area contributed by atoms with Crippen molar-refractivity contribution < 1.29 is 14.7 Å². The smallest absolute Gasteiger partial charge is 0.255 e. The van der Waals surface area contributed by atoms with Gasteiger partial charge in [-0.3, -0.25) is 4.79 Å². The summed E-state index contributed by atoms with van der Waals surface area (Å²) in [6.07, 6.45) is 6.30. The van der Waals surface area contributed by atoms with Crippen LogP contribution in [0.4, 0.5) is 0 Å². The van der Waals surface area contributed by atoms with Gasteiger partial charge in [-0.05, 0) is 62.5 Å². The predicted octanol–water partition coefficient (Wildman–Crippen LogP) is 3.43. The summed E-state index contributed by atoms with van der Waals surface area (Å²) in [6.45, 7) is 10.2. The normalized spacial score (nSPS) is 14.1. The highest BCUT2D eigenvalue weighted by Crippen LogP contribution is 2.41. The summed E-state index contributed by atoms with van der Waals surface area (Å²) in [5.74, 6) is 0.452. The van der Waals surface area contributed by atoms with Crippen molar-refractivity contribution in [2.45, 2.75) is 72.1 Å². The van der Waals surface area contributed by atoms with E-state index in [9.17, 15) is 14.7 Å². The van der Waals surface area contributed by atoms with Gasteiger partial charge in [0.1, 0.15) is 5.65 Å². The van der Waals surface area contributed by atoms with Crippen molar-refractivity contribution in [3.05, 3.63) is 35.3 Å². The molecule has 2 aromatic rings. The van der Waals surface area contributed by atoms with Gasteiger partial charge in [0.25, 0.3) is 5.91 Å². The molecule has 0 aromatic carbocycles. The van der Waals surface area contributed by atoms with Gasteiger partial charge in [0.15, 0.2) is 0 Å². The molecule has 6 nitrogen and oxygen atoms in total. The summed E-state index contributed by atoms with van der Waals surface area (Å²) < 4.78 is 1.92. The number of imidazole rings is 1. The molecule has 0 saturated heterocycles. The number of aromatic nitrogens is 2. The third-order valence-corrected chi connectivity index (χ3v) is 5.77. The van der Waals surface area contributed by atoms with Crippen LogP contribution >= 0.6 is 0 Å². The number of pyridine rings is 1. The first kappa shape index (κ1) is 22.3. The fourth-order valence-electron chi connectivity index (χ4n) is 3.72. The Bertz CT molecular complexity index is 884. The number of aryl methyl sites for hydroxylation is 1. The minimum atomic E-state index is -1.06. The molecule has 1 fully saturated rings. The molecule has 0 atom stereocenters. The number of hydrogen-bond donors (Lipinski definition) is 0. The predicted molar refractivity (Wildman–Crippen MR) is 115 cm³/mol. The second kappa shape index (κ2) is 9.63. The summed E-state index contributed by atoms with van der Waals surface area (Å²) >= 11 is 0. The van der Waals surface area contributed by atoms with E-state index in [4.69, 9.17) is 4.98 Å². The van der Waals surface area contributed by atoms with Crippen LogP contribution in [0.5, 0.6) is 0 Å². The molecule has 2 heterocycles. The van der Waals surface area contributed by atoms with Crippen molar-refractivity contribution in [3.8, 4) is 0 Å². The summed E-state index contributed by atoms with van der Waals surface area (Å²) in [5.41, 5.74) is 3.29. The summed E-state index contributed by atoms with van der Waals surface area (Å²) in [7, 11) is 0. The van der Waals surface area contributed by atoms with E-state index in [-0.39, 0.29) is 12.3 Å². The monoisotopic (exact) mass is 412 g/mol. The SMILES string of the molecule is CC(C)CCN(CCC(C)C)C(=O)c1ccc2nc(C3CC3)c(CCC(=O)[O-])n2c1. The van der Waals surface area contributed by atoms with Gasteiger partial charge in [-0.1, -0.05) is 27.7 Å². The number of nitrogens with zero attached hydrogens (tertiary/aromatic N) is 3. The number of hydrogen-bond acceptors (Lipinski definition) is 4. The fourth-order valence-corrected chi connectivity index (χ4v) is 3.72. The molecule has 30 heavy (non-hydrogen) atoms. The Morgan fingerprint density at radius 3 is 2.30 bits per heavy atom. The van der Waals surface area contributed by atoms with Gasteiger partial charge in [0.2, 0.25) is 0 Å². The lowest BCUT2D eigenvalue weighted by molar-refractivity contribution is -0.305. The van der Waals surface area contributed by atoms with E-state index in [2.05, 4.69) is 27.7 Å². The fraction of sp³-hybridized carbons (Fsp3) is 0.625. The van der Waals surface area contributed by atoms with Gasteiger partial charge in [0, 0.05) is 36.9 Å². The van der Waals surface area contributed by atoms with Crippen LogP contribution < -0.4 is 5.11 Å². The third kappa shape index (κ3) is 5.61. The largest absolute Gasteiger partial charge is 0.550 e. The number of rotatable bonds is 11. The minimum absolute atomic E-state index is 0.0331. The molecule has 1 aliphatic carbocycles. The molecule has 0 radical (unpaired) electrons. The highest BCUT2D eigenvalue weighted by atomic mass is 16.4. The van der Waals surface area contributed by atoms with Crippen LogP contribution in [-0.4, -0.2) is 39.3 Å². The van der Waals surface area contributed by atoms with Gasteiger partial charge >= 0.3 is 0 Å². The maximum absolute atomic E-state index is 13.3. The maximum atomic E-state index is 13.3. The number of aliphatic carboxylic acids is 1. The third-order valence-electron chi connectivity index (χ3n) is 5.77. The summed E-state index contributed by atoms with van der Waals surface area (Å²) in [5, 5.41) is 11.0. The van der Waals surface area contributed by atoms with E-state index < -0.39 is 5.97 Å². The average molecular weight is 413 g/mol. The Morgan fingerprint density at radius 1 is 1.13 bits per heavy atom. The Balaban J connectivity index is 1.89. The van der Waals surface area contributed by atoms with E-state index in [1.165, 1.54) is 0 Å². The lowest BCUT2D eigenvalue weighted by Gasteiger charge is -2.24. The number of carbonyl (C=O) groups is 2. The van der Waals surface area contributed by atoms with Gasteiger partial charge in [-0.2, -0.15) is 0 Å². The van der Waals surface area contributed by atoms with Crippen LogP contribution in [0.2, 0.25) is 0 Å². The van der Waals surface area contributed by atoms with E-state index in [1.807, 2.05) is 27.6 Å². The van der Waals surface area contributed by atoms with Crippen LogP contribution in [-0.2, 0) is 11.2 Å². The number of carboxylic acid groups (broad SMARTS) is 1. The van der Waals surface area contributed by atoms with Crippen LogP contribution in [0.25, 0.3) is 5.65 Å². The molecule has 0 bridgehead atoms. The Labute approximate surface area is 179 Å². The van der Waals surface area contributed by atoms with Crippen LogP contribution in [0.1, 0.15) is 87.5 Å². The molecule has 0 aliphatic heterocycles. The quantitative estimate of drug-likeness (QED) is 0.566. The van der Waals surface area contributed by atoms with Gasteiger partial charge in [-0.25, -0.2) is 4.98 Å². The summed E-state index contributed by atoms with van der Waals surface area (Å²) in [4.78, 5) is 31.1. The van der Waals surface area contributed by atoms with E-state index in [0.717, 1.165) is 55.8 Å². The Morgan fingerprint density at radius 2 is 1.77 bits per heavy atom. The number of carboxylic acids is 1. The number of amides is 1. The van der Waals surface area contributed by atoms with E-state index >= 15 is 0 Å². The first-order valence-corrected chi connectivity index (χ1v) is 11.3. The highest BCUT2D eigenvalue weighted by molar-refractivity contribution is 5.94. The molecular weight excluding hydrogens is 378 g/mol. The lowest BCUT2D eigenvalue weighted by atomic mass is 10.1. The number of fused-ring (bicyclic) bond motifs is 1. The summed E-state index contributed by atoms with van der Waals surface area (Å²) in [6, 6.07) is 3.73. The molecule has 1 amide bonds. The first-order valence-electron chi connectivity index (χ1n) is 11.3. The van der Waals surface area contributed by atoms with Gasteiger partial charge in [-0.15, -0.1) is 0 Å². The molecule has 0 spiro atoms. The van der Waals surface area contributed by atoms with Gasteiger partial charge < -0.3 is 19.2 Å². The average Bonchev–Trinajstić information content (AvgIpc) is 3.46. The minimum Gasteiger partial charge on any atom is -0.550 e. The van der Waals surface area contributed by atoms with Crippen LogP contribution in [0.15, 0.2) is 18.3 Å². The molecule has 3 rings (SSSR count). The second-order valence-corrected chi connectivity index (χ2v) is 9.39. The number of carbonyl (C=O) groups excluding carboxylic acids is 2. The molecule has 1 aliphatic rings. The van der Waals surface area contributed by atoms with Crippen molar-refractivity contribution in [1.29, 1.82) is 0 Å². The standard InChI is InChI=1S/C24H35N3O3/c1-16(2)11-13-26(14-12-17(3)4)24(30)19-7-9-21-25-23(18-5-6-18)20(27(21)15-19)8-10-22(28)29/h7,9,15-18H,5-6,8,10-14H2,1-4H3,(H,28,29)/p-1. The molecule has 164 valence electrons. The molecular formula is C24H34N3O3-. The lowest BCUT2D eigenvalue weighted by Crippen LogP contribution is -2.34. The van der Waals surface area contributed by atoms with Crippen molar-refractivity contribution in [1.82, 2.24) is 14.3 Å². The Kier molecular flexibility index (Phi) is 7.16. The Hall–Kier alpha value is -2.37. The molecule has 0 N–H and O–H groups in total. The van der Waals surface area contributed by atoms with Crippen molar-refractivity contribution in [2.24, 2.45) is 11.8 Å². The highest BCUT2D eigenvalue weighted by Gasteiger charge is 2.30. The molecule has 0 unspecified atom stereocenters. The van der Waals surface area contributed by atoms with Crippen molar-refractivity contribution >= 4 is 17.5 Å². The topological polar surface area (TPSA) is 77.7 Å². The zero-order chi connectivity index (χ0) is 21.8. The van der Waals surface area contributed by atoms with Crippen molar-refractivity contribution in [3.63, 3.8) is 0 Å². The first-order chi connectivity index (χ1) is 14.3. The zero-order valence-corrected chi connectivity index (χ0v) is 18.7. The van der Waals surface area contributed by atoms with Crippen LogP contribution in [0, 0.1) is 11.8 Å². The van der Waals surface area contributed by atoms with Gasteiger partial charge in [0.05, 0.1) is 11.3 Å². The maximum Gasteiger partial charge on any atom is 0.255 e. The van der Waals surface area contributed by atoms with Crippen LogP contribution in [0.3, 0.4) is 0 Å². The molecule has 1 saturated carbocycles. The zero-order valence-electron chi connectivity index (χ0n) is 18.7. The van der Waals surface area contributed by atoms with Crippen molar-refractivity contribution in [2.75, 3.05) is 13.1 Å². The second-order valence-electron chi connectivity index (χ2n) is 9.39. The van der Waals surface area contributed by atoms with E-state index in [1.54, 1.807) is 0 Å². The molecule has 6 heteroatoms. The van der Waals surface area contributed by atoms with E-state index in [0.29, 0.717) is 29.7 Å².